The van der Waals surface area contributed by atoms with Crippen molar-refractivity contribution in [2.24, 2.45) is 0 Å². The molecule has 1 heterocycles. The lowest BCUT2D eigenvalue weighted by Crippen LogP contribution is -2.21. The van der Waals surface area contributed by atoms with E-state index in [4.69, 9.17) is 4.74 Å². The van der Waals surface area contributed by atoms with Crippen LogP contribution in [0.5, 0.6) is 0 Å². The average molecular weight is 254 g/mol. The molecular weight excluding hydrogens is 232 g/mol. The quantitative estimate of drug-likeness (QED) is 0.543. The molecule has 0 atom stereocenters. The molecule has 1 aromatic rings. The number of thiazole rings is 1. The lowest BCUT2D eigenvalue weighted by Gasteiger charge is -2.04. The molecule has 0 aliphatic rings. The van der Waals surface area contributed by atoms with Crippen molar-refractivity contribution in [1.82, 2.24) is 10.3 Å². The molecule has 17 heavy (non-hydrogen) atoms. The lowest BCUT2D eigenvalue weighted by atomic mass is 10.3. The Hall–Kier alpha value is -0.710. The van der Waals surface area contributed by atoms with Crippen molar-refractivity contribution < 1.29 is 4.74 Å². The molecule has 1 N–H and O–H groups in total. The SMILES string of the molecule is C=CCCCOCc1csc(CNC(C)C)n1. The molecule has 0 fully saturated rings. The molecule has 96 valence electrons. The monoisotopic (exact) mass is 254 g/mol. The standard InChI is InChI=1S/C13H22N2OS/c1-4-5-6-7-16-9-12-10-17-13(15-12)8-14-11(2)3/h4,10-11,14H,1,5-9H2,2-3H3. The second-order valence-electron chi connectivity index (χ2n) is 4.25. The summed E-state index contributed by atoms with van der Waals surface area (Å²) in [5.41, 5.74) is 1.04. The molecule has 0 aromatic carbocycles. The Balaban J connectivity index is 2.18. The first kappa shape index (κ1) is 14.4. The highest BCUT2D eigenvalue weighted by Crippen LogP contribution is 2.10. The third kappa shape index (κ3) is 6.56. The molecular formula is C13H22N2OS. The Morgan fingerprint density at radius 2 is 2.41 bits per heavy atom. The lowest BCUT2D eigenvalue weighted by molar-refractivity contribution is 0.117. The minimum Gasteiger partial charge on any atom is -0.375 e. The summed E-state index contributed by atoms with van der Waals surface area (Å²) in [6.45, 7) is 10.2. The molecule has 0 aliphatic heterocycles. The summed E-state index contributed by atoms with van der Waals surface area (Å²) in [6.07, 6.45) is 3.97. The van der Waals surface area contributed by atoms with Crippen molar-refractivity contribution in [3.63, 3.8) is 0 Å². The fourth-order valence-corrected chi connectivity index (χ4v) is 2.02. The van der Waals surface area contributed by atoms with Crippen LogP contribution in [0.2, 0.25) is 0 Å². The normalized spacial score (nSPS) is 11.0. The van der Waals surface area contributed by atoms with Crippen molar-refractivity contribution in [3.8, 4) is 0 Å². The van der Waals surface area contributed by atoms with Crippen LogP contribution in [0.15, 0.2) is 18.0 Å². The average Bonchev–Trinajstić information content (AvgIpc) is 2.74. The predicted molar refractivity (Wildman–Crippen MR) is 73.2 cm³/mol. The number of nitrogens with zero attached hydrogens (tertiary/aromatic N) is 1. The van der Waals surface area contributed by atoms with Crippen LogP contribution in [0.1, 0.15) is 37.4 Å². The van der Waals surface area contributed by atoms with Gasteiger partial charge in [0.1, 0.15) is 5.01 Å². The maximum absolute atomic E-state index is 5.54. The van der Waals surface area contributed by atoms with E-state index < -0.39 is 0 Å². The zero-order chi connectivity index (χ0) is 12.5. The van der Waals surface area contributed by atoms with Crippen LogP contribution in [0.4, 0.5) is 0 Å². The van der Waals surface area contributed by atoms with E-state index in [0.717, 1.165) is 36.7 Å². The first-order chi connectivity index (χ1) is 8.22. The summed E-state index contributed by atoms with van der Waals surface area (Å²) in [4.78, 5) is 4.51. The molecule has 4 heteroatoms. The van der Waals surface area contributed by atoms with E-state index in [1.807, 2.05) is 6.08 Å². The van der Waals surface area contributed by atoms with Crippen molar-refractivity contribution in [2.75, 3.05) is 6.61 Å². The first-order valence-electron chi connectivity index (χ1n) is 6.07. The minimum atomic E-state index is 0.498. The maximum Gasteiger partial charge on any atom is 0.107 e. The van der Waals surface area contributed by atoms with Gasteiger partial charge in [-0.3, -0.25) is 0 Å². The molecule has 0 unspecified atom stereocenters. The van der Waals surface area contributed by atoms with Gasteiger partial charge in [0.25, 0.3) is 0 Å². The third-order valence-electron chi connectivity index (χ3n) is 2.21. The van der Waals surface area contributed by atoms with Crippen LogP contribution in [-0.2, 0) is 17.9 Å². The number of hydrogen-bond donors (Lipinski definition) is 1. The highest BCUT2D eigenvalue weighted by atomic mass is 32.1. The molecule has 3 nitrogen and oxygen atoms in total. The van der Waals surface area contributed by atoms with E-state index in [1.54, 1.807) is 11.3 Å². The van der Waals surface area contributed by atoms with Crippen molar-refractivity contribution in [2.45, 2.75) is 45.9 Å². The van der Waals surface area contributed by atoms with Crippen LogP contribution >= 0.6 is 11.3 Å². The predicted octanol–water partition coefficient (Wildman–Crippen LogP) is 3.12. The second-order valence-corrected chi connectivity index (χ2v) is 5.19. The van der Waals surface area contributed by atoms with Gasteiger partial charge in [-0.05, 0) is 12.8 Å². The van der Waals surface area contributed by atoms with Crippen molar-refractivity contribution in [3.05, 3.63) is 28.7 Å². The van der Waals surface area contributed by atoms with Crippen LogP contribution < -0.4 is 5.32 Å². The molecule has 0 amide bonds. The van der Waals surface area contributed by atoms with Crippen LogP contribution in [0.25, 0.3) is 0 Å². The zero-order valence-corrected chi connectivity index (χ0v) is 11.6. The Bertz CT molecular complexity index is 323. The van der Waals surface area contributed by atoms with Gasteiger partial charge in [-0.25, -0.2) is 4.98 Å². The van der Waals surface area contributed by atoms with Crippen LogP contribution in [-0.4, -0.2) is 17.6 Å². The Morgan fingerprint density at radius 3 is 3.12 bits per heavy atom. The van der Waals surface area contributed by atoms with Gasteiger partial charge in [-0.2, -0.15) is 0 Å². The van der Waals surface area contributed by atoms with Gasteiger partial charge in [0.15, 0.2) is 0 Å². The second kappa shape index (κ2) is 8.39. The Morgan fingerprint density at radius 1 is 1.59 bits per heavy atom. The van der Waals surface area contributed by atoms with E-state index in [9.17, 15) is 0 Å². The number of aromatic nitrogens is 1. The van der Waals surface area contributed by atoms with Crippen LogP contribution in [0, 0.1) is 0 Å². The van der Waals surface area contributed by atoms with Gasteiger partial charge in [0, 0.05) is 24.6 Å². The molecule has 0 bridgehead atoms. The Kier molecular flexibility index (Phi) is 7.08. The van der Waals surface area contributed by atoms with Crippen molar-refractivity contribution in [1.29, 1.82) is 0 Å². The highest BCUT2D eigenvalue weighted by Gasteiger charge is 2.02. The highest BCUT2D eigenvalue weighted by molar-refractivity contribution is 7.09. The Labute approximate surface area is 108 Å². The summed E-state index contributed by atoms with van der Waals surface area (Å²) in [7, 11) is 0. The van der Waals surface area contributed by atoms with Gasteiger partial charge in [0.2, 0.25) is 0 Å². The van der Waals surface area contributed by atoms with E-state index in [-0.39, 0.29) is 0 Å². The number of unbranched alkanes of at least 4 members (excludes halogenated alkanes) is 1. The molecule has 0 saturated heterocycles. The van der Waals surface area contributed by atoms with E-state index >= 15 is 0 Å². The molecule has 1 aromatic heterocycles. The van der Waals surface area contributed by atoms with E-state index in [2.05, 4.69) is 36.1 Å². The molecule has 0 radical (unpaired) electrons. The maximum atomic E-state index is 5.54. The van der Waals surface area contributed by atoms with Gasteiger partial charge in [-0.1, -0.05) is 19.9 Å². The summed E-state index contributed by atoms with van der Waals surface area (Å²) in [5.74, 6) is 0. The summed E-state index contributed by atoms with van der Waals surface area (Å²) in [5, 5.41) is 6.56. The molecule has 0 saturated carbocycles. The number of nitrogens with one attached hydrogen (secondary N) is 1. The summed E-state index contributed by atoms with van der Waals surface area (Å²) >= 11 is 1.69. The first-order valence-corrected chi connectivity index (χ1v) is 6.95. The summed E-state index contributed by atoms with van der Waals surface area (Å²) < 4.78 is 5.54. The zero-order valence-electron chi connectivity index (χ0n) is 10.7. The van der Waals surface area contributed by atoms with Gasteiger partial charge in [-0.15, -0.1) is 17.9 Å². The minimum absolute atomic E-state index is 0.498. The molecule has 0 spiro atoms. The third-order valence-corrected chi connectivity index (χ3v) is 3.11. The topological polar surface area (TPSA) is 34.1 Å². The van der Waals surface area contributed by atoms with Gasteiger partial charge in [0.05, 0.1) is 12.3 Å². The van der Waals surface area contributed by atoms with Gasteiger partial charge < -0.3 is 10.1 Å². The number of allylic oxidation sites excluding steroid dienone is 1. The van der Waals surface area contributed by atoms with E-state index in [1.165, 1.54) is 0 Å². The van der Waals surface area contributed by atoms with Gasteiger partial charge >= 0.3 is 0 Å². The number of rotatable bonds is 9. The van der Waals surface area contributed by atoms with Crippen molar-refractivity contribution >= 4 is 11.3 Å². The number of hydrogen-bond acceptors (Lipinski definition) is 4. The fourth-order valence-electron chi connectivity index (χ4n) is 1.29. The molecule has 1 rings (SSSR count). The summed E-state index contributed by atoms with van der Waals surface area (Å²) in [6, 6.07) is 0.498. The van der Waals surface area contributed by atoms with Crippen LogP contribution in [0.3, 0.4) is 0 Å². The number of ether oxygens (including phenoxy) is 1. The fraction of sp³-hybridized carbons (Fsp3) is 0.615. The largest absolute Gasteiger partial charge is 0.375 e. The van der Waals surface area contributed by atoms with E-state index in [0.29, 0.717) is 12.6 Å². The smallest absolute Gasteiger partial charge is 0.107 e. The molecule has 0 aliphatic carbocycles.